The number of allylic oxidation sites excluding steroid dienone is 2. The Kier molecular flexibility index (Phi) is 4.03. The molecule has 20 heavy (non-hydrogen) atoms. The average molecular weight is 270 g/mol. The third-order valence-electron chi connectivity index (χ3n) is 3.07. The van der Waals surface area contributed by atoms with Crippen molar-refractivity contribution in [2.24, 2.45) is 0 Å². The number of nitrogens with zero attached hydrogens (tertiary/aromatic N) is 2. The van der Waals surface area contributed by atoms with E-state index in [-0.39, 0.29) is 0 Å². The summed E-state index contributed by atoms with van der Waals surface area (Å²) in [5.74, 6) is 0. The van der Waals surface area contributed by atoms with Gasteiger partial charge in [0.25, 0.3) is 0 Å². The number of hydrogen-bond donors (Lipinski definition) is 0. The Balaban J connectivity index is 2.46. The zero-order valence-electron chi connectivity index (χ0n) is 12.0. The van der Waals surface area contributed by atoms with E-state index in [9.17, 15) is 9.59 Å². The Hall–Kier alpha value is -2.36. The van der Waals surface area contributed by atoms with Gasteiger partial charge < -0.3 is 4.57 Å². The molecule has 0 aliphatic carbocycles. The van der Waals surface area contributed by atoms with Crippen molar-refractivity contribution in [3.8, 4) is 5.69 Å². The molecule has 4 heteroatoms. The van der Waals surface area contributed by atoms with Crippen LogP contribution in [0.2, 0.25) is 0 Å². The Morgan fingerprint density at radius 3 is 2.30 bits per heavy atom. The monoisotopic (exact) mass is 270 g/mol. The molecule has 0 amide bonds. The second-order valence-corrected chi connectivity index (χ2v) is 5.05. The molecule has 0 spiro atoms. The average Bonchev–Trinajstić information content (AvgIpc) is 2.42. The van der Waals surface area contributed by atoms with Gasteiger partial charge in [-0.25, -0.2) is 0 Å². The van der Waals surface area contributed by atoms with Crippen LogP contribution in [0, 0.1) is 6.92 Å². The highest BCUT2D eigenvalue weighted by Crippen LogP contribution is 2.06. The van der Waals surface area contributed by atoms with Crippen molar-refractivity contribution in [1.82, 2.24) is 9.13 Å². The first-order chi connectivity index (χ1) is 9.49. The van der Waals surface area contributed by atoms with E-state index in [0.29, 0.717) is 12.2 Å². The lowest BCUT2D eigenvalue weighted by molar-refractivity contribution is 0.729. The molecule has 0 unspecified atom stereocenters. The summed E-state index contributed by atoms with van der Waals surface area (Å²) in [5, 5.41) is 0. The first-order valence-electron chi connectivity index (χ1n) is 6.51. The predicted molar refractivity (Wildman–Crippen MR) is 80.5 cm³/mol. The van der Waals surface area contributed by atoms with Gasteiger partial charge in [0.2, 0.25) is 0 Å². The van der Waals surface area contributed by atoms with Crippen molar-refractivity contribution >= 4 is 0 Å². The highest BCUT2D eigenvalue weighted by atomic mass is 16.2. The van der Waals surface area contributed by atoms with Crippen LogP contribution in [-0.4, -0.2) is 9.13 Å². The molecule has 1 heterocycles. The molecule has 0 fully saturated rings. The fourth-order valence-electron chi connectivity index (χ4n) is 1.84. The van der Waals surface area contributed by atoms with Gasteiger partial charge in [-0.2, -0.15) is 0 Å². The van der Waals surface area contributed by atoms with Crippen molar-refractivity contribution < 1.29 is 0 Å². The summed E-state index contributed by atoms with van der Waals surface area (Å²) < 4.78 is 2.79. The Morgan fingerprint density at radius 1 is 1.05 bits per heavy atom. The highest BCUT2D eigenvalue weighted by Gasteiger charge is 2.05. The molecule has 1 aromatic carbocycles. The summed E-state index contributed by atoms with van der Waals surface area (Å²) in [7, 11) is 0. The van der Waals surface area contributed by atoms with E-state index < -0.39 is 11.1 Å². The lowest BCUT2D eigenvalue weighted by Crippen LogP contribution is -2.39. The molecule has 4 nitrogen and oxygen atoms in total. The van der Waals surface area contributed by atoms with E-state index >= 15 is 0 Å². The molecule has 2 aromatic rings. The lowest BCUT2D eigenvalue weighted by atomic mass is 10.2. The van der Waals surface area contributed by atoms with Crippen LogP contribution < -0.4 is 11.1 Å². The van der Waals surface area contributed by atoms with Gasteiger partial charge in [-0.3, -0.25) is 14.2 Å². The summed E-state index contributed by atoms with van der Waals surface area (Å²) in [4.78, 5) is 24.2. The number of rotatable bonds is 3. The highest BCUT2D eigenvalue weighted by molar-refractivity contribution is 5.34. The third kappa shape index (κ3) is 2.96. The second-order valence-electron chi connectivity index (χ2n) is 5.05. The predicted octanol–water partition coefficient (Wildman–Crippen LogP) is 2.27. The minimum atomic E-state index is -0.529. The van der Waals surface area contributed by atoms with Crippen LogP contribution in [0.3, 0.4) is 0 Å². The molecule has 0 aliphatic heterocycles. The topological polar surface area (TPSA) is 44.0 Å². The summed E-state index contributed by atoms with van der Waals surface area (Å²) >= 11 is 0. The van der Waals surface area contributed by atoms with Gasteiger partial charge in [-0.15, -0.1) is 0 Å². The quantitative estimate of drug-likeness (QED) is 0.634. The van der Waals surface area contributed by atoms with Crippen molar-refractivity contribution in [2.45, 2.75) is 27.3 Å². The molecule has 0 N–H and O–H groups in total. The van der Waals surface area contributed by atoms with Crippen LogP contribution >= 0.6 is 0 Å². The van der Waals surface area contributed by atoms with Gasteiger partial charge in [0.05, 0.1) is 0 Å². The Labute approximate surface area is 117 Å². The number of benzene rings is 1. The molecular weight excluding hydrogens is 252 g/mol. The van der Waals surface area contributed by atoms with Crippen LogP contribution in [0.15, 0.2) is 57.9 Å². The molecular formula is C16H18N2O2. The van der Waals surface area contributed by atoms with Crippen molar-refractivity contribution in [1.29, 1.82) is 0 Å². The smallest absolute Gasteiger partial charge is 0.305 e. The third-order valence-corrected chi connectivity index (χ3v) is 3.07. The first-order valence-corrected chi connectivity index (χ1v) is 6.51. The van der Waals surface area contributed by atoms with Crippen molar-refractivity contribution in [2.75, 3.05) is 0 Å². The van der Waals surface area contributed by atoms with Gasteiger partial charge in [0.1, 0.15) is 0 Å². The lowest BCUT2D eigenvalue weighted by Gasteiger charge is -2.08. The molecule has 0 bridgehead atoms. The zero-order valence-corrected chi connectivity index (χ0v) is 12.0. The number of aromatic nitrogens is 2. The summed E-state index contributed by atoms with van der Waals surface area (Å²) in [6.45, 7) is 6.31. The van der Waals surface area contributed by atoms with Gasteiger partial charge in [0, 0.05) is 24.6 Å². The van der Waals surface area contributed by atoms with Crippen LogP contribution in [0.5, 0.6) is 0 Å². The molecule has 0 saturated heterocycles. The summed E-state index contributed by atoms with van der Waals surface area (Å²) in [5.41, 5.74) is 1.88. The number of hydrogen-bond acceptors (Lipinski definition) is 2. The summed E-state index contributed by atoms with van der Waals surface area (Å²) in [6, 6.07) is 7.49. The Morgan fingerprint density at radius 2 is 1.70 bits per heavy atom. The molecule has 0 aliphatic rings. The van der Waals surface area contributed by atoms with Crippen LogP contribution in [0.4, 0.5) is 0 Å². The van der Waals surface area contributed by atoms with E-state index in [4.69, 9.17) is 0 Å². The van der Waals surface area contributed by atoms with Crippen molar-refractivity contribution in [3.63, 3.8) is 0 Å². The van der Waals surface area contributed by atoms with Gasteiger partial charge in [0.15, 0.2) is 0 Å². The van der Waals surface area contributed by atoms with Gasteiger partial charge in [-0.1, -0.05) is 29.3 Å². The standard InChI is InChI=1S/C16H18N2O2/c1-12(2)8-9-17-10-11-18(16(20)15(17)19)14-6-4-13(3)5-7-14/h4-8,10-11H,9H2,1-3H3. The van der Waals surface area contributed by atoms with E-state index in [1.54, 1.807) is 12.4 Å². The van der Waals surface area contributed by atoms with E-state index in [2.05, 4.69) is 0 Å². The molecule has 1 aromatic heterocycles. The first kappa shape index (κ1) is 14.1. The number of aryl methyl sites for hydroxylation is 1. The maximum absolute atomic E-state index is 12.1. The maximum atomic E-state index is 12.1. The summed E-state index contributed by atoms with van der Waals surface area (Å²) in [6.07, 6.45) is 5.19. The Bertz CT molecular complexity index is 745. The minimum Gasteiger partial charge on any atom is -0.305 e. The molecule has 2 rings (SSSR count). The normalized spacial score (nSPS) is 10.3. The molecule has 0 saturated carbocycles. The van der Waals surface area contributed by atoms with Crippen LogP contribution in [0.25, 0.3) is 5.69 Å². The SMILES string of the molecule is CC(C)=CCn1ccn(-c2ccc(C)cc2)c(=O)c1=O. The zero-order chi connectivity index (χ0) is 14.7. The van der Waals surface area contributed by atoms with Crippen LogP contribution in [-0.2, 0) is 6.54 Å². The molecule has 104 valence electrons. The molecule has 0 radical (unpaired) electrons. The van der Waals surface area contributed by atoms with Gasteiger partial charge in [-0.05, 0) is 32.9 Å². The molecule has 0 atom stereocenters. The van der Waals surface area contributed by atoms with E-state index in [1.165, 1.54) is 9.13 Å². The fourth-order valence-corrected chi connectivity index (χ4v) is 1.84. The van der Waals surface area contributed by atoms with Crippen molar-refractivity contribution in [3.05, 3.63) is 74.6 Å². The maximum Gasteiger partial charge on any atom is 0.320 e. The fraction of sp³-hybridized carbons (Fsp3) is 0.250. The van der Waals surface area contributed by atoms with E-state index in [1.807, 2.05) is 51.1 Å². The van der Waals surface area contributed by atoms with E-state index in [0.717, 1.165) is 11.1 Å². The largest absolute Gasteiger partial charge is 0.320 e. The minimum absolute atomic E-state index is 0.422. The second kappa shape index (κ2) is 5.74. The van der Waals surface area contributed by atoms with Crippen LogP contribution in [0.1, 0.15) is 19.4 Å². The van der Waals surface area contributed by atoms with Gasteiger partial charge >= 0.3 is 11.1 Å².